The SMILES string of the molecule is CSCOc1cc(Cl)ccc1Cl. The third-order valence-electron chi connectivity index (χ3n) is 1.23. The topological polar surface area (TPSA) is 9.23 Å². The van der Waals surface area contributed by atoms with E-state index in [4.69, 9.17) is 27.9 Å². The van der Waals surface area contributed by atoms with E-state index in [-0.39, 0.29) is 0 Å². The Balaban J connectivity index is 2.75. The third-order valence-corrected chi connectivity index (χ3v) is 2.13. The monoisotopic (exact) mass is 222 g/mol. The van der Waals surface area contributed by atoms with Crippen LogP contribution in [-0.2, 0) is 0 Å². The Bertz CT molecular complexity index is 265. The summed E-state index contributed by atoms with van der Waals surface area (Å²) >= 11 is 13.2. The smallest absolute Gasteiger partial charge is 0.140 e. The second-order valence-corrected chi connectivity index (χ2v) is 3.78. The molecule has 66 valence electrons. The van der Waals surface area contributed by atoms with Crippen LogP contribution in [0, 0.1) is 0 Å². The molecule has 0 bridgehead atoms. The molecule has 0 aliphatic rings. The first-order valence-corrected chi connectivity index (χ1v) is 5.46. The van der Waals surface area contributed by atoms with Gasteiger partial charge in [0.15, 0.2) is 0 Å². The fourth-order valence-corrected chi connectivity index (χ4v) is 1.29. The summed E-state index contributed by atoms with van der Waals surface area (Å²) in [6.45, 7) is 0. The molecule has 1 aromatic rings. The van der Waals surface area contributed by atoms with Crippen molar-refractivity contribution in [3.63, 3.8) is 0 Å². The third kappa shape index (κ3) is 2.77. The molecule has 1 nitrogen and oxygen atoms in total. The first kappa shape index (κ1) is 10.0. The van der Waals surface area contributed by atoms with Crippen molar-refractivity contribution in [1.29, 1.82) is 0 Å². The van der Waals surface area contributed by atoms with Crippen molar-refractivity contribution in [3.8, 4) is 5.75 Å². The highest BCUT2D eigenvalue weighted by atomic mass is 35.5. The van der Waals surface area contributed by atoms with Crippen LogP contribution >= 0.6 is 35.0 Å². The van der Waals surface area contributed by atoms with Crippen molar-refractivity contribution >= 4 is 35.0 Å². The molecule has 4 heteroatoms. The van der Waals surface area contributed by atoms with E-state index in [0.717, 1.165) is 0 Å². The lowest BCUT2D eigenvalue weighted by molar-refractivity contribution is 0.393. The van der Waals surface area contributed by atoms with Gasteiger partial charge in [0.1, 0.15) is 11.7 Å². The summed E-state index contributed by atoms with van der Waals surface area (Å²) in [5, 5.41) is 1.23. The molecule has 0 saturated carbocycles. The van der Waals surface area contributed by atoms with E-state index in [1.54, 1.807) is 30.0 Å². The van der Waals surface area contributed by atoms with E-state index >= 15 is 0 Å². The van der Waals surface area contributed by atoms with Crippen molar-refractivity contribution in [2.75, 3.05) is 12.2 Å². The highest BCUT2D eigenvalue weighted by Crippen LogP contribution is 2.27. The van der Waals surface area contributed by atoms with Gasteiger partial charge in [-0.05, 0) is 18.4 Å². The van der Waals surface area contributed by atoms with E-state index in [2.05, 4.69) is 0 Å². The summed E-state index contributed by atoms with van der Waals surface area (Å²) in [5.74, 6) is 1.22. The lowest BCUT2D eigenvalue weighted by atomic mass is 10.3. The second-order valence-electron chi connectivity index (χ2n) is 2.13. The summed E-state index contributed by atoms with van der Waals surface area (Å²) in [6.07, 6.45) is 1.96. The molecule has 0 unspecified atom stereocenters. The first-order valence-electron chi connectivity index (χ1n) is 3.31. The number of halogens is 2. The number of rotatable bonds is 3. The van der Waals surface area contributed by atoms with Crippen LogP contribution in [0.4, 0.5) is 0 Å². The Labute approximate surface area is 86.0 Å². The van der Waals surface area contributed by atoms with Gasteiger partial charge >= 0.3 is 0 Å². The van der Waals surface area contributed by atoms with E-state index in [1.807, 2.05) is 6.26 Å². The van der Waals surface area contributed by atoms with E-state index in [9.17, 15) is 0 Å². The zero-order valence-electron chi connectivity index (χ0n) is 6.51. The number of hydrogen-bond acceptors (Lipinski definition) is 2. The van der Waals surface area contributed by atoms with E-state index < -0.39 is 0 Å². The predicted octanol–water partition coefficient (Wildman–Crippen LogP) is 3.69. The van der Waals surface area contributed by atoms with E-state index in [1.165, 1.54) is 0 Å². The molecule has 0 heterocycles. The molecule has 0 amide bonds. The van der Waals surface area contributed by atoms with Gasteiger partial charge in [-0.1, -0.05) is 23.2 Å². The minimum Gasteiger partial charge on any atom is -0.481 e. The standard InChI is InChI=1S/C8H8Cl2OS/c1-12-5-11-8-4-6(9)2-3-7(8)10/h2-4H,5H2,1H3. The lowest BCUT2D eigenvalue weighted by Gasteiger charge is -2.05. The summed E-state index contributed by atoms with van der Waals surface area (Å²) in [5.41, 5.74) is 0. The highest BCUT2D eigenvalue weighted by molar-refractivity contribution is 7.98. The summed E-state index contributed by atoms with van der Waals surface area (Å²) in [6, 6.07) is 5.16. The fraction of sp³-hybridized carbons (Fsp3) is 0.250. The van der Waals surface area contributed by atoms with Crippen LogP contribution in [-0.4, -0.2) is 12.2 Å². The zero-order valence-corrected chi connectivity index (χ0v) is 8.84. The first-order chi connectivity index (χ1) is 5.74. The molecule has 0 radical (unpaired) electrons. The molecule has 0 N–H and O–H groups in total. The van der Waals surface area contributed by atoms with Gasteiger partial charge in [0.2, 0.25) is 0 Å². The second kappa shape index (κ2) is 4.85. The average molecular weight is 223 g/mol. The molecule has 0 atom stereocenters. The highest BCUT2D eigenvalue weighted by Gasteiger charge is 2.00. The molecule has 0 aromatic heterocycles. The number of hydrogen-bond donors (Lipinski definition) is 0. The molecular weight excluding hydrogens is 215 g/mol. The molecule has 1 rings (SSSR count). The van der Waals surface area contributed by atoms with Crippen molar-refractivity contribution < 1.29 is 4.74 Å². The Morgan fingerprint density at radius 3 is 2.83 bits per heavy atom. The normalized spacial score (nSPS) is 9.92. The largest absolute Gasteiger partial charge is 0.481 e. The van der Waals surface area contributed by atoms with Crippen molar-refractivity contribution in [1.82, 2.24) is 0 Å². The van der Waals surface area contributed by atoms with Crippen LogP contribution < -0.4 is 4.74 Å². The van der Waals surface area contributed by atoms with Gasteiger partial charge in [-0.15, -0.1) is 11.8 Å². The average Bonchev–Trinajstić information content (AvgIpc) is 2.07. The molecule has 0 aliphatic heterocycles. The molecule has 12 heavy (non-hydrogen) atoms. The Kier molecular flexibility index (Phi) is 4.06. The maximum Gasteiger partial charge on any atom is 0.140 e. The molecule has 0 fully saturated rings. The van der Waals surface area contributed by atoms with Gasteiger partial charge in [-0.3, -0.25) is 0 Å². The van der Waals surface area contributed by atoms with Crippen molar-refractivity contribution in [2.45, 2.75) is 0 Å². The summed E-state index contributed by atoms with van der Waals surface area (Å²) in [7, 11) is 0. The van der Waals surface area contributed by atoms with Crippen LogP contribution in [0.5, 0.6) is 5.75 Å². The van der Waals surface area contributed by atoms with Gasteiger partial charge in [0.05, 0.1) is 5.02 Å². The molecular formula is C8H8Cl2OS. The Morgan fingerprint density at radius 2 is 2.17 bits per heavy atom. The van der Waals surface area contributed by atoms with Crippen LogP contribution in [0.25, 0.3) is 0 Å². The molecule has 0 spiro atoms. The minimum absolute atomic E-state index is 0.583. The molecule has 0 aliphatic carbocycles. The maximum absolute atomic E-state index is 5.84. The van der Waals surface area contributed by atoms with Gasteiger partial charge in [0, 0.05) is 11.1 Å². The molecule has 0 saturated heterocycles. The van der Waals surface area contributed by atoms with Gasteiger partial charge < -0.3 is 4.74 Å². The Hall–Kier alpha value is -0.0500. The summed E-state index contributed by atoms with van der Waals surface area (Å²) in [4.78, 5) is 0. The zero-order chi connectivity index (χ0) is 8.97. The van der Waals surface area contributed by atoms with Crippen molar-refractivity contribution in [3.05, 3.63) is 28.2 Å². The molecule has 1 aromatic carbocycles. The maximum atomic E-state index is 5.84. The van der Waals surface area contributed by atoms with Gasteiger partial charge in [-0.25, -0.2) is 0 Å². The fourth-order valence-electron chi connectivity index (χ4n) is 0.710. The van der Waals surface area contributed by atoms with Crippen LogP contribution in [0.15, 0.2) is 18.2 Å². The predicted molar refractivity (Wildman–Crippen MR) is 55.5 cm³/mol. The summed E-state index contributed by atoms with van der Waals surface area (Å²) < 4.78 is 5.31. The lowest BCUT2D eigenvalue weighted by Crippen LogP contribution is -1.91. The van der Waals surface area contributed by atoms with E-state index in [0.29, 0.717) is 21.7 Å². The minimum atomic E-state index is 0.583. The van der Waals surface area contributed by atoms with Crippen LogP contribution in [0.2, 0.25) is 10.0 Å². The Morgan fingerprint density at radius 1 is 1.42 bits per heavy atom. The van der Waals surface area contributed by atoms with Crippen LogP contribution in [0.1, 0.15) is 0 Å². The van der Waals surface area contributed by atoms with Gasteiger partial charge in [-0.2, -0.15) is 0 Å². The number of thioether (sulfide) groups is 1. The van der Waals surface area contributed by atoms with Crippen LogP contribution in [0.3, 0.4) is 0 Å². The number of benzene rings is 1. The van der Waals surface area contributed by atoms with Crippen molar-refractivity contribution in [2.24, 2.45) is 0 Å². The quantitative estimate of drug-likeness (QED) is 0.722. The van der Waals surface area contributed by atoms with Gasteiger partial charge in [0.25, 0.3) is 0 Å². The number of ether oxygens (including phenoxy) is 1.